The zero-order valence-electron chi connectivity index (χ0n) is 10.9. The third-order valence-corrected chi connectivity index (χ3v) is 4.01. The van der Waals surface area contributed by atoms with Gasteiger partial charge < -0.3 is 15.7 Å². The maximum atomic E-state index is 11.8. The minimum absolute atomic E-state index is 0.0426. The van der Waals surface area contributed by atoms with Crippen LogP contribution in [0.15, 0.2) is 12.2 Å². The highest BCUT2D eigenvalue weighted by Gasteiger charge is 2.22. The minimum Gasteiger partial charge on any atom is -0.396 e. The molecular formula is C14H24N2O2. The SMILES string of the molecule is O=C(NC1C=CCCC1)NC1CCC(CO)CC1. The van der Waals surface area contributed by atoms with E-state index in [1.54, 1.807) is 0 Å². The molecule has 1 saturated carbocycles. The summed E-state index contributed by atoms with van der Waals surface area (Å²) in [6, 6.07) is 0.437. The number of urea groups is 1. The first-order valence-electron chi connectivity index (χ1n) is 7.12. The van der Waals surface area contributed by atoms with Crippen molar-refractivity contribution in [2.45, 2.75) is 57.0 Å². The van der Waals surface area contributed by atoms with E-state index < -0.39 is 0 Å². The van der Waals surface area contributed by atoms with Gasteiger partial charge in [0.1, 0.15) is 0 Å². The molecule has 0 aromatic rings. The molecule has 0 spiro atoms. The lowest BCUT2D eigenvalue weighted by molar-refractivity contribution is 0.174. The van der Waals surface area contributed by atoms with Crippen molar-refractivity contribution in [3.8, 4) is 0 Å². The molecule has 4 heteroatoms. The Hall–Kier alpha value is -1.03. The van der Waals surface area contributed by atoms with Crippen LogP contribution in [0.2, 0.25) is 0 Å². The number of aliphatic hydroxyl groups is 1. The number of amides is 2. The van der Waals surface area contributed by atoms with Gasteiger partial charge in [-0.2, -0.15) is 0 Å². The van der Waals surface area contributed by atoms with Crippen molar-refractivity contribution < 1.29 is 9.90 Å². The summed E-state index contributed by atoms with van der Waals surface area (Å²) < 4.78 is 0. The Kier molecular flexibility index (Phi) is 5.05. The molecule has 1 atom stereocenters. The van der Waals surface area contributed by atoms with Gasteiger partial charge in [0.25, 0.3) is 0 Å². The summed E-state index contributed by atoms with van der Waals surface area (Å²) in [5, 5.41) is 15.1. The van der Waals surface area contributed by atoms with Gasteiger partial charge in [-0.15, -0.1) is 0 Å². The normalized spacial score (nSPS) is 31.9. The van der Waals surface area contributed by atoms with Crippen LogP contribution in [-0.2, 0) is 0 Å². The molecule has 0 aliphatic heterocycles. The van der Waals surface area contributed by atoms with E-state index in [1.807, 2.05) is 0 Å². The second-order valence-electron chi connectivity index (χ2n) is 5.48. The van der Waals surface area contributed by atoms with E-state index in [0.717, 1.165) is 44.9 Å². The van der Waals surface area contributed by atoms with Crippen LogP contribution in [0.25, 0.3) is 0 Å². The topological polar surface area (TPSA) is 61.4 Å². The summed E-state index contributed by atoms with van der Waals surface area (Å²) in [6.07, 6.45) is 11.6. The van der Waals surface area contributed by atoms with Crippen LogP contribution in [0.4, 0.5) is 4.79 Å². The van der Waals surface area contributed by atoms with Crippen molar-refractivity contribution in [1.29, 1.82) is 0 Å². The van der Waals surface area contributed by atoms with Gasteiger partial charge in [0.2, 0.25) is 0 Å². The maximum absolute atomic E-state index is 11.8. The van der Waals surface area contributed by atoms with E-state index in [1.165, 1.54) is 0 Å². The first-order valence-corrected chi connectivity index (χ1v) is 7.12. The number of hydrogen-bond acceptors (Lipinski definition) is 2. The molecule has 18 heavy (non-hydrogen) atoms. The Balaban J connectivity index is 1.68. The highest BCUT2D eigenvalue weighted by molar-refractivity contribution is 5.74. The summed E-state index contributed by atoms with van der Waals surface area (Å²) in [5.41, 5.74) is 0. The van der Waals surface area contributed by atoms with E-state index >= 15 is 0 Å². The van der Waals surface area contributed by atoms with Crippen LogP contribution >= 0.6 is 0 Å². The fraction of sp³-hybridized carbons (Fsp3) is 0.786. The molecule has 1 fully saturated rings. The van der Waals surface area contributed by atoms with Crippen LogP contribution in [-0.4, -0.2) is 29.8 Å². The fourth-order valence-electron chi connectivity index (χ4n) is 2.82. The lowest BCUT2D eigenvalue weighted by atomic mass is 9.87. The van der Waals surface area contributed by atoms with Gasteiger partial charge in [-0.25, -0.2) is 4.79 Å². The third kappa shape index (κ3) is 4.02. The summed E-state index contributed by atoms with van der Waals surface area (Å²) in [4.78, 5) is 11.8. The largest absolute Gasteiger partial charge is 0.396 e. The highest BCUT2D eigenvalue weighted by Crippen LogP contribution is 2.23. The predicted molar refractivity (Wildman–Crippen MR) is 71.3 cm³/mol. The smallest absolute Gasteiger partial charge is 0.315 e. The van der Waals surface area contributed by atoms with Crippen molar-refractivity contribution in [1.82, 2.24) is 10.6 Å². The quantitative estimate of drug-likeness (QED) is 0.672. The van der Waals surface area contributed by atoms with E-state index in [9.17, 15) is 4.79 Å². The van der Waals surface area contributed by atoms with E-state index in [4.69, 9.17) is 5.11 Å². The molecule has 0 bridgehead atoms. The number of carbonyl (C=O) groups is 1. The first kappa shape index (κ1) is 13.4. The summed E-state index contributed by atoms with van der Waals surface area (Å²) in [5.74, 6) is 0.437. The van der Waals surface area contributed by atoms with Gasteiger partial charge in [-0.1, -0.05) is 12.2 Å². The molecule has 1 unspecified atom stereocenters. The van der Waals surface area contributed by atoms with E-state index in [-0.39, 0.29) is 24.7 Å². The van der Waals surface area contributed by atoms with Crippen LogP contribution in [0.3, 0.4) is 0 Å². The Morgan fingerprint density at radius 2 is 1.94 bits per heavy atom. The number of carbonyl (C=O) groups excluding carboxylic acids is 1. The zero-order valence-corrected chi connectivity index (χ0v) is 10.9. The molecule has 2 amide bonds. The lowest BCUT2D eigenvalue weighted by Crippen LogP contribution is -2.47. The molecule has 0 aromatic heterocycles. The van der Waals surface area contributed by atoms with Gasteiger partial charge in [0.15, 0.2) is 0 Å². The summed E-state index contributed by atoms with van der Waals surface area (Å²) in [7, 11) is 0. The number of rotatable bonds is 3. The Morgan fingerprint density at radius 1 is 1.17 bits per heavy atom. The van der Waals surface area contributed by atoms with Gasteiger partial charge in [-0.05, 0) is 50.9 Å². The van der Waals surface area contributed by atoms with Crippen LogP contribution < -0.4 is 10.6 Å². The molecule has 2 rings (SSSR count). The molecule has 3 N–H and O–H groups in total. The number of aliphatic hydroxyl groups excluding tert-OH is 1. The molecule has 102 valence electrons. The molecule has 0 heterocycles. The van der Waals surface area contributed by atoms with E-state index in [0.29, 0.717) is 5.92 Å². The maximum Gasteiger partial charge on any atom is 0.315 e. The van der Waals surface area contributed by atoms with Gasteiger partial charge >= 0.3 is 6.03 Å². The van der Waals surface area contributed by atoms with Gasteiger partial charge in [0, 0.05) is 18.7 Å². The molecule has 2 aliphatic carbocycles. The number of hydrogen-bond donors (Lipinski definition) is 3. The molecule has 0 radical (unpaired) electrons. The Morgan fingerprint density at radius 3 is 2.56 bits per heavy atom. The molecule has 0 aromatic carbocycles. The standard InChI is InChI=1S/C14H24N2O2/c17-10-11-6-8-13(9-7-11)16-14(18)15-12-4-2-1-3-5-12/h2,4,11-13,17H,1,3,5-10H2,(H2,15,16,18). The number of nitrogens with one attached hydrogen (secondary N) is 2. The lowest BCUT2D eigenvalue weighted by Gasteiger charge is -2.28. The minimum atomic E-state index is -0.0426. The molecular weight excluding hydrogens is 228 g/mol. The second kappa shape index (κ2) is 6.78. The number of allylic oxidation sites excluding steroid dienone is 1. The van der Waals surface area contributed by atoms with Crippen molar-refractivity contribution in [2.75, 3.05) is 6.61 Å². The Bertz CT molecular complexity index is 296. The molecule has 4 nitrogen and oxygen atoms in total. The van der Waals surface area contributed by atoms with Crippen molar-refractivity contribution in [3.63, 3.8) is 0 Å². The fourth-order valence-corrected chi connectivity index (χ4v) is 2.82. The second-order valence-corrected chi connectivity index (χ2v) is 5.48. The van der Waals surface area contributed by atoms with Crippen molar-refractivity contribution in [2.24, 2.45) is 5.92 Å². The predicted octanol–water partition coefficient (Wildman–Crippen LogP) is 1.95. The average molecular weight is 252 g/mol. The third-order valence-electron chi connectivity index (χ3n) is 4.01. The monoisotopic (exact) mass is 252 g/mol. The molecule has 2 aliphatic rings. The Labute approximate surface area is 109 Å². The molecule has 0 saturated heterocycles. The first-order chi connectivity index (χ1) is 8.78. The van der Waals surface area contributed by atoms with Crippen LogP contribution in [0, 0.1) is 5.92 Å². The van der Waals surface area contributed by atoms with Crippen molar-refractivity contribution in [3.05, 3.63) is 12.2 Å². The van der Waals surface area contributed by atoms with Crippen LogP contribution in [0.5, 0.6) is 0 Å². The average Bonchev–Trinajstić information content (AvgIpc) is 2.40. The zero-order chi connectivity index (χ0) is 12.8. The summed E-state index contributed by atoms with van der Waals surface area (Å²) >= 11 is 0. The van der Waals surface area contributed by atoms with Gasteiger partial charge in [-0.3, -0.25) is 0 Å². The van der Waals surface area contributed by atoms with Crippen molar-refractivity contribution >= 4 is 6.03 Å². The highest BCUT2D eigenvalue weighted by atomic mass is 16.3. The van der Waals surface area contributed by atoms with E-state index in [2.05, 4.69) is 22.8 Å². The van der Waals surface area contributed by atoms with Crippen LogP contribution in [0.1, 0.15) is 44.9 Å². The van der Waals surface area contributed by atoms with Gasteiger partial charge in [0.05, 0.1) is 0 Å². The summed E-state index contributed by atoms with van der Waals surface area (Å²) in [6.45, 7) is 0.284.